The molecule has 1 aliphatic heterocycles. The number of fused-ring (bicyclic) bond motifs is 1. The van der Waals surface area contributed by atoms with Gasteiger partial charge in [-0.1, -0.05) is 48.1 Å². The molecule has 3 aromatic rings. The van der Waals surface area contributed by atoms with Crippen molar-refractivity contribution in [3.05, 3.63) is 36.2 Å². The highest BCUT2D eigenvalue weighted by molar-refractivity contribution is 8.00. The summed E-state index contributed by atoms with van der Waals surface area (Å²) in [6.45, 7) is 2.02. The molecule has 2 amide bonds. The molecule has 10 heteroatoms. The molecule has 3 heterocycles. The highest BCUT2D eigenvalue weighted by Crippen LogP contribution is 2.34. The predicted molar refractivity (Wildman–Crippen MR) is 120 cm³/mol. The van der Waals surface area contributed by atoms with Crippen LogP contribution in [0.1, 0.15) is 36.0 Å². The molecular weight excluding hydrogens is 420 g/mol. The van der Waals surface area contributed by atoms with Crippen molar-refractivity contribution in [2.75, 3.05) is 29.1 Å². The molecule has 1 aromatic carbocycles. The predicted octanol–water partition coefficient (Wildman–Crippen LogP) is 3.30. The third-order valence-corrected chi connectivity index (χ3v) is 7.06. The lowest BCUT2D eigenvalue weighted by molar-refractivity contribution is -0.113. The van der Waals surface area contributed by atoms with E-state index in [9.17, 15) is 9.59 Å². The van der Waals surface area contributed by atoms with E-state index >= 15 is 0 Å². The monoisotopic (exact) mass is 442 g/mol. The Bertz CT molecular complexity index is 1060. The summed E-state index contributed by atoms with van der Waals surface area (Å²) >= 11 is 2.91. The number of nitrogens with one attached hydrogen (secondary N) is 1. The van der Waals surface area contributed by atoms with Crippen LogP contribution >= 0.6 is 23.1 Å². The molecule has 0 saturated carbocycles. The summed E-state index contributed by atoms with van der Waals surface area (Å²) in [5, 5.41) is 4.45. The highest BCUT2D eigenvalue weighted by atomic mass is 32.2. The minimum Gasteiger partial charge on any atom is -0.366 e. The average Bonchev–Trinajstić information content (AvgIpc) is 2.99. The standard InChI is InChI=1S/C20H22N6O2S2/c21-17(28)13-7-3-4-8-14(13)24-15(27)11-29-19-16-18(22-12-23-19)25-20(30-16)26-9-5-1-2-6-10-26/h3-4,7-8,12H,1-2,5-6,9-11H2,(H2,21,28)(H,24,27). The van der Waals surface area contributed by atoms with Crippen molar-refractivity contribution in [1.29, 1.82) is 0 Å². The molecule has 0 spiro atoms. The number of amides is 2. The number of primary amides is 1. The Labute approximate surface area is 182 Å². The molecule has 1 fully saturated rings. The molecule has 0 atom stereocenters. The van der Waals surface area contributed by atoms with Gasteiger partial charge < -0.3 is 16.0 Å². The number of hydrogen-bond acceptors (Lipinski definition) is 8. The zero-order chi connectivity index (χ0) is 20.9. The highest BCUT2D eigenvalue weighted by Gasteiger charge is 2.18. The number of carbonyl (C=O) groups excluding carboxylic acids is 2. The second kappa shape index (κ2) is 9.40. The molecule has 2 aromatic heterocycles. The molecule has 0 bridgehead atoms. The molecule has 1 aliphatic rings. The van der Waals surface area contributed by atoms with Gasteiger partial charge in [-0.2, -0.15) is 4.98 Å². The van der Waals surface area contributed by atoms with Gasteiger partial charge in [0.05, 0.1) is 17.0 Å². The summed E-state index contributed by atoms with van der Waals surface area (Å²) in [5.41, 5.74) is 6.72. The van der Waals surface area contributed by atoms with Crippen LogP contribution in [0.3, 0.4) is 0 Å². The summed E-state index contributed by atoms with van der Waals surface area (Å²) in [6, 6.07) is 6.68. The summed E-state index contributed by atoms with van der Waals surface area (Å²) in [4.78, 5) is 39.6. The lowest BCUT2D eigenvalue weighted by Gasteiger charge is -2.18. The van der Waals surface area contributed by atoms with E-state index in [2.05, 4.69) is 20.2 Å². The third-order valence-electron chi connectivity index (χ3n) is 4.83. The van der Waals surface area contributed by atoms with Crippen molar-refractivity contribution >= 4 is 56.1 Å². The fraction of sp³-hybridized carbons (Fsp3) is 0.350. The molecule has 0 radical (unpaired) electrons. The maximum atomic E-state index is 12.4. The van der Waals surface area contributed by atoms with Gasteiger partial charge in [0.25, 0.3) is 5.91 Å². The number of rotatable bonds is 6. The van der Waals surface area contributed by atoms with Gasteiger partial charge in [-0.15, -0.1) is 0 Å². The third kappa shape index (κ3) is 4.71. The van der Waals surface area contributed by atoms with E-state index in [0.29, 0.717) is 11.3 Å². The minimum absolute atomic E-state index is 0.149. The molecule has 4 rings (SSSR count). The molecule has 156 valence electrons. The van der Waals surface area contributed by atoms with E-state index in [1.165, 1.54) is 43.8 Å². The topological polar surface area (TPSA) is 114 Å². The molecule has 0 unspecified atom stereocenters. The smallest absolute Gasteiger partial charge is 0.250 e. The van der Waals surface area contributed by atoms with E-state index in [-0.39, 0.29) is 17.2 Å². The zero-order valence-electron chi connectivity index (χ0n) is 16.3. The van der Waals surface area contributed by atoms with Gasteiger partial charge in [0, 0.05) is 13.1 Å². The summed E-state index contributed by atoms with van der Waals surface area (Å²) < 4.78 is 0.895. The molecule has 30 heavy (non-hydrogen) atoms. The number of thiazole rings is 1. The van der Waals surface area contributed by atoms with E-state index in [0.717, 1.165) is 27.9 Å². The van der Waals surface area contributed by atoms with Gasteiger partial charge in [0.2, 0.25) is 5.91 Å². The number of anilines is 2. The Morgan fingerprint density at radius 1 is 1.13 bits per heavy atom. The van der Waals surface area contributed by atoms with Crippen LogP contribution in [0.15, 0.2) is 35.6 Å². The molecule has 8 nitrogen and oxygen atoms in total. The SMILES string of the molecule is NC(=O)c1ccccc1NC(=O)CSc1ncnc2nc(N3CCCCCC3)sc12. The lowest BCUT2D eigenvalue weighted by Crippen LogP contribution is -2.23. The van der Waals surface area contributed by atoms with Crippen molar-refractivity contribution < 1.29 is 9.59 Å². The molecule has 0 aliphatic carbocycles. The Hall–Kier alpha value is -2.72. The first kappa shape index (κ1) is 20.5. The van der Waals surface area contributed by atoms with Crippen molar-refractivity contribution in [1.82, 2.24) is 15.0 Å². The van der Waals surface area contributed by atoms with Crippen LogP contribution in [-0.4, -0.2) is 45.6 Å². The van der Waals surface area contributed by atoms with Crippen molar-refractivity contribution in [2.24, 2.45) is 5.73 Å². The van der Waals surface area contributed by atoms with Crippen LogP contribution < -0.4 is 16.0 Å². The fourth-order valence-corrected chi connectivity index (χ4v) is 5.29. The number of carbonyl (C=O) groups is 2. The van der Waals surface area contributed by atoms with Gasteiger partial charge in [-0.3, -0.25) is 9.59 Å². The van der Waals surface area contributed by atoms with Crippen LogP contribution in [0.25, 0.3) is 10.3 Å². The number of para-hydroxylation sites is 1. The number of nitrogens with zero attached hydrogens (tertiary/aromatic N) is 4. The number of aromatic nitrogens is 3. The van der Waals surface area contributed by atoms with Crippen molar-refractivity contribution in [3.8, 4) is 0 Å². The van der Waals surface area contributed by atoms with Gasteiger partial charge in [-0.25, -0.2) is 9.97 Å². The number of thioether (sulfide) groups is 1. The van der Waals surface area contributed by atoms with Crippen LogP contribution in [0, 0.1) is 0 Å². The number of benzene rings is 1. The van der Waals surface area contributed by atoms with Gasteiger partial charge in [-0.05, 0) is 25.0 Å². The second-order valence-electron chi connectivity index (χ2n) is 6.98. The summed E-state index contributed by atoms with van der Waals surface area (Å²) in [6.07, 6.45) is 6.36. The minimum atomic E-state index is -0.582. The fourth-order valence-electron chi connectivity index (χ4n) is 3.35. The van der Waals surface area contributed by atoms with Crippen LogP contribution in [-0.2, 0) is 4.79 Å². The van der Waals surface area contributed by atoms with Crippen LogP contribution in [0.2, 0.25) is 0 Å². The van der Waals surface area contributed by atoms with E-state index in [4.69, 9.17) is 10.7 Å². The van der Waals surface area contributed by atoms with Crippen LogP contribution in [0.4, 0.5) is 10.8 Å². The molecule has 1 saturated heterocycles. The van der Waals surface area contributed by atoms with Crippen LogP contribution in [0.5, 0.6) is 0 Å². The Morgan fingerprint density at radius 3 is 2.67 bits per heavy atom. The first-order chi connectivity index (χ1) is 14.6. The summed E-state index contributed by atoms with van der Waals surface area (Å²) in [5.74, 6) is -0.671. The maximum Gasteiger partial charge on any atom is 0.250 e. The molecular formula is C20H22N6O2S2. The van der Waals surface area contributed by atoms with Gasteiger partial charge in [0.15, 0.2) is 10.8 Å². The largest absolute Gasteiger partial charge is 0.366 e. The first-order valence-electron chi connectivity index (χ1n) is 9.80. The Kier molecular flexibility index (Phi) is 6.44. The molecule has 3 N–H and O–H groups in total. The second-order valence-corrected chi connectivity index (χ2v) is 8.92. The quantitative estimate of drug-likeness (QED) is 0.445. The van der Waals surface area contributed by atoms with Crippen molar-refractivity contribution in [3.63, 3.8) is 0 Å². The lowest BCUT2D eigenvalue weighted by atomic mass is 10.1. The number of nitrogens with two attached hydrogens (primary N) is 1. The average molecular weight is 443 g/mol. The Balaban J connectivity index is 1.46. The first-order valence-corrected chi connectivity index (χ1v) is 11.6. The normalized spacial score (nSPS) is 14.5. The van der Waals surface area contributed by atoms with E-state index < -0.39 is 5.91 Å². The van der Waals surface area contributed by atoms with Gasteiger partial charge >= 0.3 is 0 Å². The van der Waals surface area contributed by atoms with E-state index in [1.807, 2.05) is 0 Å². The van der Waals surface area contributed by atoms with Gasteiger partial charge in [0.1, 0.15) is 16.1 Å². The maximum absolute atomic E-state index is 12.4. The van der Waals surface area contributed by atoms with Crippen molar-refractivity contribution in [2.45, 2.75) is 30.7 Å². The van der Waals surface area contributed by atoms with E-state index in [1.54, 1.807) is 35.6 Å². The Morgan fingerprint density at radius 2 is 1.90 bits per heavy atom. The number of hydrogen-bond donors (Lipinski definition) is 2. The summed E-state index contributed by atoms with van der Waals surface area (Å²) in [7, 11) is 0. The zero-order valence-corrected chi connectivity index (χ0v) is 18.0.